The van der Waals surface area contributed by atoms with Gasteiger partial charge in [0.2, 0.25) is 5.91 Å². The average molecular weight is 508 g/mol. The molecule has 6 nitrogen and oxygen atoms in total. The van der Waals surface area contributed by atoms with Gasteiger partial charge in [0.05, 0.1) is 19.7 Å². The third-order valence-corrected chi connectivity index (χ3v) is 8.12. The summed E-state index contributed by atoms with van der Waals surface area (Å²) >= 11 is 1.72. The van der Waals surface area contributed by atoms with Crippen LogP contribution in [0.5, 0.6) is 5.75 Å². The molecule has 2 aliphatic heterocycles. The van der Waals surface area contributed by atoms with E-state index >= 15 is 0 Å². The van der Waals surface area contributed by atoms with Crippen LogP contribution in [0, 0.1) is 5.82 Å². The van der Waals surface area contributed by atoms with Gasteiger partial charge in [0, 0.05) is 42.7 Å². The van der Waals surface area contributed by atoms with Gasteiger partial charge in [-0.1, -0.05) is 18.2 Å². The zero-order valence-electron chi connectivity index (χ0n) is 20.5. The highest BCUT2D eigenvalue weighted by atomic mass is 32.1. The van der Waals surface area contributed by atoms with E-state index in [2.05, 4.69) is 16.3 Å². The van der Waals surface area contributed by atoms with Gasteiger partial charge in [-0.25, -0.2) is 4.39 Å². The summed E-state index contributed by atoms with van der Waals surface area (Å²) in [6.07, 6.45) is 0.880. The molecular formula is C28H30FN3O3S. The highest BCUT2D eigenvalue weighted by Gasteiger charge is 2.34. The minimum Gasteiger partial charge on any atom is -0.497 e. The number of rotatable bonds is 5. The molecule has 5 rings (SSSR count). The van der Waals surface area contributed by atoms with Crippen molar-refractivity contribution in [2.24, 2.45) is 0 Å². The molecule has 0 saturated carbocycles. The number of hydrogen-bond donors (Lipinski definition) is 0. The van der Waals surface area contributed by atoms with E-state index in [9.17, 15) is 14.0 Å². The Bertz CT molecular complexity index is 1260. The highest BCUT2D eigenvalue weighted by molar-refractivity contribution is 7.10. The standard InChI is InChI=1S/C28H30FN3O3S/c1-19-17-30(12-13-32(19)28(34)21-6-4-8-23(16-21)35-2)26(33)18-31-11-9-25-24(10-14-36-25)27(31)20-5-3-7-22(29)15-20/h3-8,10,14-16,19,27H,9,11-13,17-18H2,1-2H3/t19-,27-/m1/s1. The molecule has 3 heterocycles. The number of piperazine rings is 1. The van der Waals surface area contributed by atoms with Gasteiger partial charge < -0.3 is 14.5 Å². The minimum absolute atomic E-state index is 0.0374. The predicted octanol–water partition coefficient (Wildman–Crippen LogP) is 4.22. The van der Waals surface area contributed by atoms with Gasteiger partial charge in [-0.15, -0.1) is 11.3 Å². The molecule has 8 heteroatoms. The summed E-state index contributed by atoms with van der Waals surface area (Å²) in [5.74, 6) is 0.355. The number of halogens is 1. The molecule has 1 saturated heterocycles. The number of hydrogen-bond acceptors (Lipinski definition) is 5. The second kappa shape index (κ2) is 10.4. The SMILES string of the molecule is COc1cccc(C(=O)N2CCN(C(=O)CN3CCc4sccc4[C@H]3c3cccc(F)c3)C[C@H]2C)c1. The van der Waals surface area contributed by atoms with E-state index < -0.39 is 0 Å². The molecule has 0 aliphatic carbocycles. The topological polar surface area (TPSA) is 53.1 Å². The largest absolute Gasteiger partial charge is 0.497 e. The summed E-state index contributed by atoms with van der Waals surface area (Å²) in [5.41, 5.74) is 2.61. The third kappa shape index (κ3) is 4.88. The fourth-order valence-corrected chi connectivity index (χ4v) is 6.19. The Hall–Kier alpha value is -3.23. The summed E-state index contributed by atoms with van der Waals surface area (Å²) in [7, 11) is 1.58. The maximum atomic E-state index is 14.1. The van der Waals surface area contributed by atoms with Crippen LogP contribution in [0.2, 0.25) is 0 Å². The van der Waals surface area contributed by atoms with Crippen LogP contribution in [-0.2, 0) is 11.2 Å². The van der Waals surface area contributed by atoms with E-state index in [1.54, 1.807) is 42.7 Å². The number of carbonyl (C=O) groups is 2. The molecule has 1 fully saturated rings. The first kappa shape index (κ1) is 24.5. The molecule has 0 radical (unpaired) electrons. The van der Waals surface area contributed by atoms with Crippen molar-refractivity contribution in [3.63, 3.8) is 0 Å². The Morgan fingerprint density at radius 2 is 1.92 bits per heavy atom. The van der Waals surface area contributed by atoms with Gasteiger partial charge in [-0.2, -0.15) is 0 Å². The van der Waals surface area contributed by atoms with Gasteiger partial charge in [0.25, 0.3) is 5.91 Å². The lowest BCUT2D eigenvalue weighted by Gasteiger charge is -2.42. The smallest absolute Gasteiger partial charge is 0.254 e. The summed E-state index contributed by atoms with van der Waals surface area (Å²) in [4.78, 5) is 33.7. The predicted molar refractivity (Wildman–Crippen MR) is 138 cm³/mol. The first-order chi connectivity index (χ1) is 17.4. The number of nitrogens with zero attached hydrogens (tertiary/aromatic N) is 3. The van der Waals surface area contributed by atoms with Crippen molar-refractivity contribution in [3.05, 3.63) is 87.4 Å². The van der Waals surface area contributed by atoms with Gasteiger partial charge >= 0.3 is 0 Å². The quantitative estimate of drug-likeness (QED) is 0.519. The van der Waals surface area contributed by atoms with Crippen molar-refractivity contribution < 1.29 is 18.7 Å². The molecule has 2 amide bonds. The fraction of sp³-hybridized carbons (Fsp3) is 0.357. The molecule has 0 bridgehead atoms. The van der Waals surface area contributed by atoms with Gasteiger partial charge in [0.15, 0.2) is 0 Å². The lowest BCUT2D eigenvalue weighted by molar-refractivity contribution is -0.135. The van der Waals surface area contributed by atoms with Crippen LogP contribution in [0.15, 0.2) is 60.0 Å². The van der Waals surface area contributed by atoms with Crippen molar-refractivity contribution in [2.45, 2.75) is 25.4 Å². The van der Waals surface area contributed by atoms with Crippen molar-refractivity contribution in [3.8, 4) is 5.75 Å². The molecule has 36 heavy (non-hydrogen) atoms. The number of thiophene rings is 1. The van der Waals surface area contributed by atoms with E-state index in [0.29, 0.717) is 30.9 Å². The van der Waals surface area contributed by atoms with E-state index in [0.717, 1.165) is 24.1 Å². The first-order valence-electron chi connectivity index (χ1n) is 12.2. The second-order valence-corrected chi connectivity index (χ2v) is 10.4. The van der Waals surface area contributed by atoms with Crippen LogP contribution in [0.3, 0.4) is 0 Å². The monoisotopic (exact) mass is 507 g/mol. The number of carbonyl (C=O) groups excluding carboxylic acids is 2. The number of benzene rings is 2. The van der Waals surface area contributed by atoms with Gasteiger partial charge in [-0.3, -0.25) is 14.5 Å². The van der Waals surface area contributed by atoms with Crippen LogP contribution < -0.4 is 4.74 Å². The normalized spacial score (nSPS) is 20.2. The van der Waals surface area contributed by atoms with Crippen molar-refractivity contribution in [1.82, 2.24) is 14.7 Å². The van der Waals surface area contributed by atoms with Crippen LogP contribution >= 0.6 is 11.3 Å². The van der Waals surface area contributed by atoms with Crippen molar-refractivity contribution >= 4 is 23.2 Å². The van der Waals surface area contributed by atoms with Crippen LogP contribution in [0.1, 0.15) is 39.3 Å². The van der Waals surface area contributed by atoms with E-state index in [1.165, 1.54) is 10.9 Å². The van der Waals surface area contributed by atoms with Crippen LogP contribution in [0.25, 0.3) is 0 Å². The molecule has 2 atom stereocenters. The fourth-order valence-electron chi connectivity index (χ4n) is 5.29. The number of methoxy groups -OCH3 is 1. The number of amides is 2. The minimum atomic E-state index is -0.272. The van der Waals surface area contributed by atoms with Crippen molar-refractivity contribution in [2.75, 3.05) is 39.8 Å². The summed E-state index contributed by atoms with van der Waals surface area (Å²) in [5, 5.41) is 2.07. The highest BCUT2D eigenvalue weighted by Crippen LogP contribution is 2.37. The number of fused-ring (bicyclic) bond motifs is 1. The van der Waals surface area contributed by atoms with E-state index in [-0.39, 0.29) is 36.3 Å². The zero-order valence-corrected chi connectivity index (χ0v) is 21.3. The molecule has 0 unspecified atom stereocenters. The summed E-state index contributed by atoms with van der Waals surface area (Å²) in [6.45, 7) is 4.42. The molecule has 1 aromatic heterocycles. The Morgan fingerprint density at radius 3 is 2.69 bits per heavy atom. The summed E-state index contributed by atoms with van der Waals surface area (Å²) < 4.78 is 19.3. The van der Waals surface area contributed by atoms with Crippen LogP contribution in [-0.4, -0.2) is 72.4 Å². The Labute approximate surface area is 214 Å². The zero-order chi connectivity index (χ0) is 25.2. The van der Waals surface area contributed by atoms with Crippen molar-refractivity contribution in [1.29, 1.82) is 0 Å². The van der Waals surface area contributed by atoms with Gasteiger partial charge in [0.1, 0.15) is 11.6 Å². The molecule has 0 N–H and O–H groups in total. The van der Waals surface area contributed by atoms with E-state index in [4.69, 9.17) is 4.74 Å². The Morgan fingerprint density at radius 1 is 1.08 bits per heavy atom. The molecule has 0 spiro atoms. The molecule has 188 valence electrons. The lowest BCUT2D eigenvalue weighted by Crippen LogP contribution is -2.57. The number of ether oxygens (including phenoxy) is 1. The summed E-state index contributed by atoms with van der Waals surface area (Å²) in [6, 6.07) is 15.7. The molecular weight excluding hydrogens is 477 g/mol. The van der Waals surface area contributed by atoms with E-state index in [1.807, 2.05) is 34.9 Å². The molecule has 3 aromatic rings. The Balaban J connectivity index is 1.28. The maximum Gasteiger partial charge on any atom is 0.254 e. The second-order valence-electron chi connectivity index (χ2n) is 9.40. The Kier molecular flexibility index (Phi) is 7.07. The third-order valence-electron chi connectivity index (χ3n) is 7.13. The first-order valence-corrected chi connectivity index (χ1v) is 13.1. The van der Waals surface area contributed by atoms with Gasteiger partial charge in [-0.05, 0) is 66.2 Å². The maximum absolute atomic E-state index is 14.1. The van der Waals surface area contributed by atoms with Crippen LogP contribution in [0.4, 0.5) is 4.39 Å². The average Bonchev–Trinajstić information content (AvgIpc) is 3.37. The molecule has 2 aromatic carbocycles. The lowest BCUT2D eigenvalue weighted by atomic mass is 9.93. The molecule has 2 aliphatic rings.